The zero-order chi connectivity index (χ0) is 13.8. The molecular formula is C13H18N2O4. The highest BCUT2D eigenvalue weighted by Gasteiger charge is 2.24. The molecule has 1 atom stereocenters. The van der Waals surface area contributed by atoms with E-state index in [9.17, 15) is 15.2 Å². The highest BCUT2D eigenvalue weighted by atomic mass is 16.6. The number of hydrogen-bond donors (Lipinski definition) is 1. The number of nitrogens with zero attached hydrogens (tertiary/aromatic N) is 2. The van der Waals surface area contributed by atoms with Crippen LogP contribution in [-0.2, 0) is 0 Å². The fourth-order valence-corrected chi connectivity index (χ4v) is 2.53. The molecule has 1 aliphatic rings. The van der Waals surface area contributed by atoms with Crippen LogP contribution in [0.4, 0.5) is 11.4 Å². The zero-order valence-corrected chi connectivity index (χ0v) is 10.9. The number of aliphatic hydroxyl groups is 1. The second-order valence-electron chi connectivity index (χ2n) is 4.64. The maximum atomic E-state index is 10.9. The Bertz CT molecular complexity index is 464. The molecule has 0 amide bonds. The molecule has 0 saturated carbocycles. The van der Waals surface area contributed by atoms with Gasteiger partial charge < -0.3 is 14.7 Å². The molecule has 6 heteroatoms. The molecule has 1 saturated heterocycles. The molecule has 19 heavy (non-hydrogen) atoms. The lowest BCUT2D eigenvalue weighted by molar-refractivity contribution is -0.385. The van der Waals surface area contributed by atoms with Gasteiger partial charge >= 0.3 is 5.69 Å². The maximum Gasteiger partial charge on any atom is 0.311 e. The summed E-state index contributed by atoms with van der Waals surface area (Å²) < 4.78 is 5.08. The van der Waals surface area contributed by atoms with Crippen LogP contribution >= 0.6 is 0 Å². The van der Waals surface area contributed by atoms with Crippen LogP contribution in [0, 0.1) is 10.1 Å². The van der Waals surface area contributed by atoms with Crippen molar-refractivity contribution in [3.05, 3.63) is 28.3 Å². The molecular weight excluding hydrogens is 248 g/mol. The largest absolute Gasteiger partial charge is 0.490 e. The van der Waals surface area contributed by atoms with Crippen molar-refractivity contribution in [2.45, 2.75) is 25.3 Å². The first-order valence-corrected chi connectivity index (χ1v) is 6.37. The van der Waals surface area contributed by atoms with Crippen LogP contribution < -0.4 is 9.64 Å². The van der Waals surface area contributed by atoms with Gasteiger partial charge in [-0.1, -0.05) is 0 Å². The van der Waals surface area contributed by atoms with E-state index in [1.807, 2.05) is 0 Å². The summed E-state index contributed by atoms with van der Waals surface area (Å²) in [4.78, 5) is 12.5. The van der Waals surface area contributed by atoms with Crippen LogP contribution in [0.3, 0.4) is 0 Å². The van der Waals surface area contributed by atoms with E-state index in [0.717, 1.165) is 31.5 Å². The van der Waals surface area contributed by atoms with E-state index in [0.29, 0.717) is 0 Å². The van der Waals surface area contributed by atoms with Crippen LogP contribution in [0.25, 0.3) is 0 Å². The Morgan fingerprint density at radius 1 is 1.53 bits per heavy atom. The van der Waals surface area contributed by atoms with E-state index in [2.05, 4.69) is 4.90 Å². The van der Waals surface area contributed by atoms with E-state index >= 15 is 0 Å². The Balaban J connectivity index is 2.31. The van der Waals surface area contributed by atoms with Crippen molar-refractivity contribution in [1.82, 2.24) is 0 Å². The smallest absolute Gasteiger partial charge is 0.311 e. The molecule has 1 unspecified atom stereocenters. The van der Waals surface area contributed by atoms with Gasteiger partial charge in [-0.2, -0.15) is 0 Å². The Hall–Kier alpha value is -1.82. The van der Waals surface area contributed by atoms with Gasteiger partial charge in [0.1, 0.15) is 0 Å². The van der Waals surface area contributed by atoms with Gasteiger partial charge in [0, 0.05) is 24.4 Å². The lowest BCUT2D eigenvalue weighted by Gasteiger charge is -2.36. The predicted octanol–water partition coefficient (Wildman–Crippen LogP) is 1.95. The molecule has 1 aromatic rings. The molecule has 0 aromatic heterocycles. The number of nitro benzene ring substituents is 1. The van der Waals surface area contributed by atoms with Crippen LogP contribution in [-0.4, -0.2) is 36.3 Å². The Morgan fingerprint density at radius 3 is 2.95 bits per heavy atom. The fraction of sp³-hybridized carbons (Fsp3) is 0.538. The van der Waals surface area contributed by atoms with Gasteiger partial charge in [-0.25, -0.2) is 0 Å². The monoisotopic (exact) mass is 266 g/mol. The molecule has 6 nitrogen and oxygen atoms in total. The topological polar surface area (TPSA) is 75.8 Å². The van der Waals surface area contributed by atoms with Crippen molar-refractivity contribution in [1.29, 1.82) is 0 Å². The van der Waals surface area contributed by atoms with E-state index in [1.165, 1.54) is 13.2 Å². The van der Waals surface area contributed by atoms with Gasteiger partial charge in [-0.05, 0) is 25.3 Å². The SMILES string of the molecule is COc1cc(N2CCCCC2CO)ccc1[N+](=O)[O-]. The first-order valence-electron chi connectivity index (χ1n) is 6.37. The number of nitro groups is 1. The number of piperidine rings is 1. The highest BCUT2D eigenvalue weighted by molar-refractivity contribution is 5.59. The minimum absolute atomic E-state index is 0.0381. The normalized spacial score (nSPS) is 19.3. The number of rotatable bonds is 4. The molecule has 1 fully saturated rings. The maximum absolute atomic E-state index is 10.9. The van der Waals surface area contributed by atoms with Crippen LogP contribution in [0.5, 0.6) is 5.75 Å². The molecule has 1 aromatic carbocycles. The minimum Gasteiger partial charge on any atom is -0.490 e. The number of ether oxygens (including phenoxy) is 1. The fourth-order valence-electron chi connectivity index (χ4n) is 2.53. The average Bonchev–Trinajstić information content (AvgIpc) is 2.46. The summed E-state index contributed by atoms with van der Waals surface area (Å²) in [6.45, 7) is 0.950. The molecule has 0 spiro atoms. The highest BCUT2D eigenvalue weighted by Crippen LogP contribution is 2.33. The second kappa shape index (κ2) is 5.88. The summed E-state index contributed by atoms with van der Waals surface area (Å²) >= 11 is 0. The Kier molecular flexibility index (Phi) is 4.21. The van der Waals surface area contributed by atoms with Gasteiger partial charge in [0.2, 0.25) is 0 Å². The third-order valence-electron chi connectivity index (χ3n) is 3.53. The van der Waals surface area contributed by atoms with Crippen molar-refractivity contribution in [2.24, 2.45) is 0 Å². The van der Waals surface area contributed by atoms with Gasteiger partial charge in [-0.15, -0.1) is 0 Å². The zero-order valence-electron chi connectivity index (χ0n) is 10.9. The second-order valence-corrected chi connectivity index (χ2v) is 4.64. The van der Waals surface area contributed by atoms with E-state index in [-0.39, 0.29) is 24.1 Å². The summed E-state index contributed by atoms with van der Waals surface area (Å²) in [5.74, 6) is 0.254. The molecule has 104 valence electrons. The number of benzene rings is 1. The number of aliphatic hydroxyl groups excluding tert-OH is 1. The summed E-state index contributed by atoms with van der Waals surface area (Å²) in [7, 11) is 1.42. The van der Waals surface area contributed by atoms with Crippen molar-refractivity contribution in [3.63, 3.8) is 0 Å². The van der Waals surface area contributed by atoms with Gasteiger partial charge in [0.05, 0.1) is 24.7 Å². The van der Waals surface area contributed by atoms with Crippen LogP contribution in [0.2, 0.25) is 0 Å². The van der Waals surface area contributed by atoms with E-state index in [4.69, 9.17) is 4.74 Å². The lowest BCUT2D eigenvalue weighted by Crippen LogP contribution is -2.41. The van der Waals surface area contributed by atoms with Crippen molar-refractivity contribution in [2.75, 3.05) is 25.2 Å². The average molecular weight is 266 g/mol. The Morgan fingerprint density at radius 2 is 2.32 bits per heavy atom. The lowest BCUT2D eigenvalue weighted by atomic mass is 10.0. The van der Waals surface area contributed by atoms with Crippen molar-refractivity contribution < 1.29 is 14.8 Å². The number of methoxy groups -OCH3 is 1. The first kappa shape index (κ1) is 13.6. The quantitative estimate of drug-likeness (QED) is 0.666. The summed E-state index contributed by atoms with van der Waals surface area (Å²) in [5, 5.41) is 20.3. The molecule has 0 radical (unpaired) electrons. The summed E-state index contributed by atoms with van der Waals surface area (Å²) in [6.07, 6.45) is 3.11. The first-order chi connectivity index (χ1) is 9.17. The van der Waals surface area contributed by atoms with E-state index in [1.54, 1.807) is 12.1 Å². The van der Waals surface area contributed by atoms with Gasteiger partial charge in [0.25, 0.3) is 0 Å². The van der Waals surface area contributed by atoms with Gasteiger partial charge in [0.15, 0.2) is 5.75 Å². The van der Waals surface area contributed by atoms with Gasteiger partial charge in [-0.3, -0.25) is 10.1 Å². The third-order valence-corrected chi connectivity index (χ3v) is 3.53. The van der Waals surface area contributed by atoms with Crippen molar-refractivity contribution >= 4 is 11.4 Å². The summed E-state index contributed by atoms with van der Waals surface area (Å²) in [5.41, 5.74) is 0.824. The third kappa shape index (κ3) is 2.78. The molecule has 2 rings (SSSR count). The van der Waals surface area contributed by atoms with Crippen LogP contribution in [0.15, 0.2) is 18.2 Å². The number of hydrogen-bond acceptors (Lipinski definition) is 5. The molecule has 1 heterocycles. The molecule has 0 aliphatic carbocycles. The van der Waals surface area contributed by atoms with Crippen molar-refractivity contribution in [3.8, 4) is 5.75 Å². The minimum atomic E-state index is -0.456. The molecule has 1 N–H and O–H groups in total. The molecule has 0 bridgehead atoms. The molecule has 1 aliphatic heterocycles. The standard InChI is InChI=1S/C13H18N2O4/c1-19-13-8-10(5-6-12(13)15(17)18)14-7-3-2-4-11(14)9-16/h5-6,8,11,16H,2-4,7,9H2,1H3. The number of anilines is 1. The van der Waals surface area contributed by atoms with E-state index < -0.39 is 4.92 Å². The Labute approximate surface area is 111 Å². The van der Waals surface area contributed by atoms with Crippen LogP contribution in [0.1, 0.15) is 19.3 Å². The summed E-state index contributed by atoms with van der Waals surface area (Å²) in [6, 6.07) is 4.93. The predicted molar refractivity (Wildman–Crippen MR) is 71.7 cm³/mol.